The lowest BCUT2D eigenvalue weighted by Crippen LogP contribution is -2.10. The Hall–Kier alpha value is -2.15. The van der Waals surface area contributed by atoms with E-state index in [0.717, 1.165) is 11.6 Å². The molecule has 0 radical (unpaired) electrons. The zero-order chi connectivity index (χ0) is 13.9. The Bertz CT molecular complexity index is 552. The summed E-state index contributed by atoms with van der Waals surface area (Å²) in [5.74, 6) is 0.230. The van der Waals surface area contributed by atoms with Crippen LogP contribution in [0.5, 0.6) is 0 Å². The third kappa shape index (κ3) is 3.19. The van der Waals surface area contributed by atoms with Crippen LogP contribution in [0.25, 0.3) is 0 Å². The minimum atomic E-state index is -4.49. The van der Waals surface area contributed by atoms with Crippen molar-refractivity contribution in [2.24, 2.45) is 5.73 Å². The maximum atomic E-state index is 12.3. The van der Waals surface area contributed by atoms with E-state index in [1.165, 1.54) is 6.07 Å². The van der Waals surface area contributed by atoms with Crippen LogP contribution in [0.2, 0.25) is 0 Å². The van der Waals surface area contributed by atoms with Crippen LogP contribution >= 0.6 is 0 Å². The molecule has 19 heavy (non-hydrogen) atoms. The van der Waals surface area contributed by atoms with Crippen LogP contribution in [0.4, 0.5) is 24.7 Å². The van der Waals surface area contributed by atoms with Gasteiger partial charge in [0.2, 0.25) is 0 Å². The van der Waals surface area contributed by atoms with E-state index in [1.807, 2.05) is 12.1 Å². The molecule has 0 amide bonds. The van der Waals surface area contributed by atoms with Gasteiger partial charge in [0.15, 0.2) is 11.5 Å². The highest BCUT2D eigenvalue weighted by Crippen LogP contribution is 2.27. The highest BCUT2D eigenvalue weighted by molar-refractivity contribution is 5.60. The van der Waals surface area contributed by atoms with E-state index in [4.69, 9.17) is 5.73 Å². The summed E-state index contributed by atoms with van der Waals surface area (Å²) in [4.78, 5) is 0. The van der Waals surface area contributed by atoms with Crippen LogP contribution in [-0.4, -0.2) is 10.2 Å². The molecule has 0 saturated carbocycles. The second kappa shape index (κ2) is 5.23. The SMILES string of the molecule is NCc1ccccc1Nc1ccc(C(F)(F)F)nn1. The monoisotopic (exact) mass is 268 g/mol. The molecular formula is C12H11F3N4. The quantitative estimate of drug-likeness (QED) is 0.898. The average molecular weight is 268 g/mol. The first kappa shape index (κ1) is 13.3. The second-order valence-electron chi connectivity index (χ2n) is 3.79. The molecule has 0 aliphatic rings. The number of halogens is 3. The Morgan fingerprint density at radius 1 is 1.05 bits per heavy atom. The summed E-state index contributed by atoms with van der Waals surface area (Å²) in [6.45, 7) is 0.317. The maximum Gasteiger partial charge on any atom is 0.435 e. The Balaban J connectivity index is 2.20. The van der Waals surface area contributed by atoms with Gasteiger partial charge in [-0.05, 0) is 23.8 Å². The van der Waals surface area contributed by atoms with Crippen LogP contribution in [0.1, 0.15) is 11.3 Å². The lowest BCUT2D eigenvalue weighted by molar-refractivity contribution is -0.141. The molecule has 0 atom stereocenters. The van der Waals surface area contributed by atoms with Crippen LogP contribution in [0, 0.1) is 0 Å². The topological polar surface area (TPSA) is 63.8 Å². The summed E-state index contributed by atoms with van der Waals surface area (Å²) < 4.78 is 37.0. The van der Waals surface area contributed by atoms with Gasteiger partial charge < -0.3 is 11.1 Å². The summed E-state index contributed by atoms with van der Waals surface area (Å²) in [7, 11) is 0. The maximum absolute atomic E-state index is 12.3. The number of nitrogens with zero attached hydrogens (tertiary/aromatic N) is 2. The first-order valence-electron chi connectivity index (χ1n) is 5.46. The molecule has 1 aromatic heterocycles. The normalized spacial score (nSPS) is 11.4. The van der Waals surface area contributed by atoms with Crippen molar-refractivity contribution in [2.75, 3.05) is 5.32 Å². The van der Waals surface area contributed by atoms with Crippen LogP contribution in [0.3, 0.4) is 0 Å². The number of aromatic nitrogens is 2. The van der Waals surface area contributed by atoms with Crippen molar-refractivity contribution in [3.63, 3.8) is 0 Å². The summed E-state index contributed by atoms with van der Waals surface area (Å²) >= 11 is 0. The van der Waals surface area contributed by atoms with E-state index >= 15 is 0 Å². The molecular weight excluding hydrogens is 257 g/mol. The van der Waals surface area contributed by atoms with Crippen LogP contribution in [-0.2, 0) is 12.7 Å². The fourth-order valence-electron chi connectivity index (χ4n) is 1.51. The molecule has 1 heterocycles. The molecule has 0 saturated heterocycles. The third-order valence-electron chi connectivity index (χ3n) is 2.45. The summed E-state index contributed by atoms with van der Waals surface area (Å²) in [5.41, 5.74) is 6.07. The van der Waals surface area contributed by atoms with Gasteiger partial charge in [-0.3, -0.25) is 0 Å². The van der Waals surface area contributed by atoms with Crippen molar-refractivity contribution in [1.82, 2.24) is 10.2 Å². The number of hydrogen-bond donors (Lipinski definition) is 2. The number of rotatable bonds is 3. The Morgan fingerprint density at radius 3 is 2.37 bits per heavy atom. The molecule has 0 unspecified atom stereocenters. The second-order valence-corrected chi connectivity index (χ2v) is 3.79. The first-order chi connectivity index (χ1) is 9.00. The van der Waals surface area contributed by atoms with Gasteiger partial charge in [0.05, 0.1) is 0 Å². The lowest BCUT2D eigenvalue weighted by Gasteiger charge is -2.10. The minimum absolute atomic E-state index is 0.230. The molecule has 0 aliphatic heterocycles. The lowest BCUT2D eigenvalue weighted by atomic mass is 10.2. The summed E-state index contributed by atoms with van der Waals surface area (Å²) in [5, 5.41) is 9.51. The van der Waals surface area contributed by atoms with Crippen molar-refractivity contribution in [2.45, 2.75) is 12.7 Å². The number of nitrogens with two attached hydrogens (primary N) is 1. The molecule has 0 aliphatic carbocycles. The summed E-state index contributed by atoms with van der Waals surface area (Å²) in [6, 6.07) is 9.30. The molecule has 100 valence electrons. The van der Waals surface area contributed by atoms with Crippen LogP contribution < -0.4 is 11.1 Å². The smallest absolute Gasteiger partial charge is 0.338 e. The predicted octanol–water partition coefficient (Wildman–Crippen LogP) is 2.70. The van der Waals surface area contributed by atoms with Gasteiger partial charge in [-0.25, -0.2) is 0 Å². The fraction of sp³-hybridized carbons (Fsp3) is 0.167. The van der Waals surface area contributed by atoms with Gasteiger partial charge in [-0.1, -0.05) is 18.2 Å². The van der Waals surface area contributed by atoms with E-state index in [0.29, 0.717) is 12.2 Å². The van der Waals surface area contributed by atoms with E-state index in [9.17, 15) is 13.2 Å². The minimum Gasteiger partial charge on any atom is -0.338 e. The molecule has 1 aromatic carbocycles. The number of para-hydroxylation sites is 1. The highest BCUT2D eigenvalue weighted by atomic mass is 19.4. The number of hydrogen-bond acceptors (Lipinski definition) is 4. The molecule has 7 heteroatoms. The molecule has 0 bridgehead atoms. The zero-order valence-electron chi connectivity index (χ0n) is 9.78. The van der Waals surface area contributed by atoms with Crippen molar-refractivity contribution < 1.29 is 13.2 Å². The fourth-order valence-corrected chi connectivity index (χ4v) is 1.51. The molecule has 2 aromatic rings. The van der Waals surface area contributed by atoms with Crippen LogP contribution in [0.15, 0.2) is 36.4 Å². The summed E-state index contributed by atoms with van der Waals surface area (Å²) in [6.07, 6.45) is -4.49. The van der Waals surface area contributed by atoms with Crippen molar-refractivity contribution in [3.05, 3.63) is 47.7 Å². The van der Waals surface area contributed by atoms with Gasteiger partial charge in [-0.15, -0.1) is 10.2 Å². The van der Waals surface area contributed by atoms with Crippen molar-refractivity contribution in [3.8, 4) is 0 Å². The van der Waals surface area contributed by atoms with Gasteiger partial charge in [-0.2, -0.15) is 13.2 Å². The first-order valence-corrected chi connectivity index (χ1v) is 5.46. The third-order valence-corrected chi connectivity index (χ3v) is 2.45. The Kier molecular flexibility index (Phi) is 3.66. The standard InChI is InChI=1S/C12H11F3N4/c13-12(14,15)10-5-6-11(19-18-10)17-9-4-2-1-3-8(9)7-16/h1-6H,7,16H2,(H,17,19). The van der Waals surface area contributed by atoms with Crippen molar-refractivity contribution in [1.29, 1.82) is 0 Å². The number of alkyl halides is 3. The van der Waals surface area contributed by atoms with E-state index in [-0.39, 0.29) is 5.82 Å². The molecule has 3 N–H and O–H groups in total. The van der Waals surface area contributed by atoms with E-state index in [1.54, 1.807) is 12.1 Å². The molecule has 2 rings (SSSR count). The average Bonchev–Trinajstić information content (AvgIpc) is 2.39. The van der Waals surface area contributed by atoms with Gasteiger partial charge in [0.25, 0.3) is 0 Å². The number of benzene rings is 1. The molecule has 4 nitrogen and oxygen atoms in total. The highest BCUT2D eigenvalue weighted by Gasteiger charge is 2.32. The Labute approximate surface area is 107 Å². The number of anilines is 2. The van der Waals surface area contributed by atoms with E-state index in [2.05, 4.69) is 15.5 Å². The van der Waals surface area contributed by atoms with Gasteiger partial charge >= 0.3 is 6.18 Å². The molecule has 0 spiro atoms. The van der Waals surface area contributed by atoms with E-state index < -0.39 is 11.9 Å². The largest absolute Gasteiger partial charge is 0.435 e. The van der Waals surface area contributed by atoms with Crippen molar-refractivity contribution >= 4 is 11.5 Å². The predicted molar refractivity (Wildman–Crippen MR) is 64.7 cm³/mol. The van der Waals surface area contributed by atoms with Gasteiger partial charge in [0.1, 0.15) is 0 Å². The Morgan fingerprint density at radius 2 is 1.79 bits per heavy atom. The number of nitrogens with one attached hydrogen (secondary N) is 1. The zero-order valence-corrected chi connectivity index (χ0v) is 9.78. The molecule has 0 fully saturated rings. The van der Waals surface area contributed by atoms with Gasteiger partial charge in [0, 0.05) is 12.2 Å².